The van der Waals surface area contributed by atoms with Crippen LogP contribution in [-0.4, -0.2) is 28.5 Å². The lowest BCUT2D eigenvalue weighted by Gasteiger charge is -2.14. The molecular weight excluding hydrogens is 340 g/mol. The number of rotatable bonds is 5. The van der Waals surface area contributed by atoms with Gasteiger partial charge in [-0.1, -0.05) is 43.2 Å². The van der Waals surface area contributed by atoms with Crippen molar-refractivity contribution in [3.05, 3.63) is 58.9 Å². The number of hydrogen-bond donors (Lipinski definition) is 3. The molecule has 3 aromatic rings. The minimum absolute atomic E-state index is 0.0305. The van der Waals surface area contributed by atoms with E-state index in [1.807, 2.05) is 48.5 Å². The highest BCUT2D eigenvalue weighted by molar-refractivity contribution is 5.85. The van der Waals surface area contributed by atoms with E-state index in [2.05, 4.69) is 20.6 Å². The molecule has 4 rings (SSSR count). The molecule has 0 saturated heterocycles. The number of aromatic amines is 1. The molecule has 0 atom stereocenters. The summed E-state index contributed by atoms with van der Waals surface area (Å²) in [4.78, 5) is 32.1. The summed E-state index contributed by atoms with van der Waals surface area (Å²) in [6, 6.07) is 15.1. The smallest absolute Gasteiger partial charge is 0.275 e. The number of H-pyrrole nitrogens is 1. The summed E-state index contributed by atoms with van der Waals surface area (Å²) in [5.41, 5.74) is 2.91. The SMILES string of the molecule is O=C(CNc1ccccc1-c1nc2ccccc2[nH]c1=O)NC1CCCC1. The Balaban J connectivity index is 1.57. The topological polar surface area (TPSA) is 86.9 Å². The van der Waals surface area contributed by atoms with Gasteiger partial charge in [-0.05, 0) is 31.0 Å². The summed E-state index contributed by atoms with van der Waals surface area (Å²) in [6.07, 6.45) is 4.46. The summed E-state index contributed by atoms with van der Waals surface area (Å²) in [5.74, 6) is -0.0305. The number of nitrogens with zero attached hydrogens (tertiary/aromatic N) is 1. The molecule has 6 nitrogen and oxygen atoms in total. The predicted octanol–water partition coefficient (Wildman–Crippen LogP) is 3.06. The summed E-state index contributed by atoms with van der Waals surface area (Å²) < 4.78 is 0. The van der Waals surface area contributed by atoms with Crippen LogP contribution in [0.4, 0.5) is 5.69 Å². The Kier molecular flexibility index (Phi) is 4.87. The second-order valence-electron chi connectivity index (χ2n) is 6.88. The third kappa shape index (κ3) is 3.84. The van der Waals surface area contributed by atoms with E-state index < -0.39 is 0 Å². The van der Waals surface area contributed by atoms with Crippen LogP contribution in [0.5, 0.6) is 0 Å². The first-order valence-electron chi connectivity index (χ1n) is 9.32. The van der Waals surface area contributed by atoms with Gasteiger partial charge in [0.25, 0.3) is 5.56 Å². The molecule has 27 heavy (non-hydrogen) atoms. The van der Waals surface area contributed by atoms with E-state index in [-0.39, 0.29) is 18.0 Å². The number of amides is 1. The van der Waals surface area contributed by atoms with Gasteiger partial charge in [-0.25, -0.2) is 4.98 Å². The largest absolute Gasteiger partial charge is 0.376 e. The summed E-state index contributed by atoms with van der Waals surface area (Å²) in [7, 11) is 0. The first-order valence-corrected chi connectivity index (χ1v) is 9.32. The van der Waals surface area contributed by atoms with Crippen molar-refractivity contribution in [2.45, 2.75) is 31.7 Å². The molecule has 0 radical (unpaired) electrons. The zero-order valence-electron chi connectivity index (χ0n) is 15.0. The van der Waals surface area contributed by atoms with Crippen molar-refractivity contribution >= 4 is 22.6 Å². The molecule has 1 heterocycles. The lowest BCUT2D eigenvalue weighted by Crippen LogP contribution is -2.36. The van der Waals surface area contributed by atoms with Gasteiger partial charge in [0.15, 0.2) is 0 Å². The molecule has 0 unspecified atom stereocenters. The molecule has 2 aromatic carbocycles. The fraction of sp³-hybridized carbons (Fsp3) is 0.286. The van der Waals surface area contributed by atoms with Crippen LogP contribution in [0.1, 0.15) is 25.7 Å². The Morgan fingerprint density at radius 3 is 2.67 bits per heavy atom. The van der Waals surface area contributed by atoms with Gasteiger partial charge >= 0.3 is 0 Å². The Bertz CT molecular complexity index is 1020. The molecular formula is C21H22N4O2. The fourth-order valence-electron chi connectivity index (χ4n) is 3.58. The zero-order chi connectivity index (χ0) is 18.6. The van der Waals surface area contributed by atoms with Gasteiger partial charge in [-0.2, -0.15) is 0 Å². The molecule has 1 aromatic heterocycles. The van der Waals surface area contributed by atoms with E-state index in [4.69, 9.17) is 0 Å². The molecule has 1 aliphatic carbocycles. The van der Waals surface area contributed by atoms with Crippen molar-refractivity contribution in [2.24, 2.45) is 0 Å². The zero-order valence-corrected chi connectivity index (χ0v) is 15.0. The van der Waals surface area contributed by atoms with Crippen molar-refractivity contribution in [1.29, 1.82) is 0 Å². The van der Waals surface area contributed by atoms with Crippen LogP contribution < -0.4 is 16.2 Å². The summed E-state index contributed by atoms with van der Waals surface area (Å²) >= 11 is 0. The van der Waals surface area contributed by atoms with Crippen LogP contribution in [0.3, 0.4) is 0 Å². The quantitative estimate of drug-likeness (QED) is 0.651. The van der Waals surface area contributed by atoms with Crippen molar-refractivity contribution in [1.82, 2.24) is 15.3 Å². The number of hydrogen-bond acceptors (Lipinski definition) is 4. The number of nitrogens with one attached hydrogen (secondary N) is 3. The van der Waals surface area contributed by atoms with Gasteiger partial charge in [0.05, 0.1) is 17.6 Å². The Labute approximate surface area is 157 Å². The van der Waals surface area contributed by atoms with Crippen LogP contribution in [0.2, 0.25) is 0 Å². The maximum atomic E-state index is 12.5. The van der Waals surface area contributed by atoms with E-state index >= 15 is 0 Å². The molecule has 1 saturated carbocycles. The van der Waals surface area contributed by atoms with Gasteiger partial charge in [0.1, 0.15) is 5.69 Å². The highest BCUT2D eigenvalue weighted by Crippen LogP contribution is 2.25. The Hall–Kier alpha value is -3.15. The minimum Gasteiger partial charge on any atom is -0.376 e. The van der Waals surface area contributed by atoms with Crippen LogP contribution in [0, 0.1) is 0 Å². The van der Waals surface area contributed by atoms with Crippen LogP contribution >= 0.6 is 0 Å². The van der Waals surface area contributed by atoms with Crippen LogP contribution in [0.15, 0.2) is 53.3 Å². The third-order valence-electron chi connectivity index (χ3n) is 4.94. The number of carbonyl (C=O) groups is 1. The summed E-state index contributed by atoms with van der Waals surface area (Å²) in [5, 5.41) is 6.21. The number of para-hydroxylation sites is 3. The first kappa shape index (κ1) is 17.3. The Morgan fingerprint density at radius 1 is 1.07 bits per heavy atom. The highest BCUT2D eigenvalue weighted by atomic mass is 16.2. The second kappa shape index (κ2) is 7.61. The molecule has 1 aliphatic rings. The van der Waals surface area contributed by atoms with E-state index in [1.165, 1.54) is 12.8 Å². The molecule has 0 bridgehead atoms. The predicted molar refractivity (Wildman–Crippen MR) is 107 cm³/mol. The van der Waals surface area contributed by atoms with E-state index in [0.717, 1.165) is 18.4 Å². The molecule has 0 spiro atoms. The molecule has 138 valence electrons. The molecule has 0 aliphatic heterocycles. The monoisotopic (exact) mass is 362 g/mol. The lowest BCUT2D eigenvalue weighted by molar-refractivity contribution is -0.120. The molecule has 3 N–H and O–H groups in total. The second-order valence-corrected chi connectivity index (χ2v) is 6.88. The van der Waals surface area contributed by atoms with Gasteiger partial charge in [-0.15, -0.1) is 0 Å². The number of benzene rings is 2. The number of anilines is 1. The van der Waals surface area contributed by atoms with Gasteiger partial charge in [0, 0.05) is 17.3 Å². The standard InChI is InChI=1S/C21H22N4O2/c26-19(23-14-7-1-2-8-14)13-22-16-10-4-3-9-15(16)20-21(27)25-18-12-6-5-11-17(18)24-20/h3-6,9-12,14,22H,1-2,7-8,13H2,(H,23,26)(H,25,27). The van der Waals surface area contributed by atoms with Gasteiger partial charge < -0.3 is 15.6 Å². The number of fused-ring (bicyclic) bond motifs is 1. The van der Waals surface area contributed by atoms with E-state index in [9.17, 15) is 9.59 Å². The van der Waals surface area contributed by atoms with Crippen molar-refractivity contribution in [3.63, 3.8) is 0 Å². The number of carbonyl (C=O) groups excluding carboxylic acids is 1. The lowest BCUT2D eigenvalue weighted by atomic mass is 10.1. The Morgan fingerprint density at radius 2 is 1.81 bits per heavy atom. The third-order valence-corrected chi connectivity index (χ3v) is 4.94. The molecule has 1 fully saturated rings. The maximum Gasteiger partial charge on any atom is 0.275 e. The maximum absolute atomic E-state index is 12.5. The fourth-order valence-corrected chi connectivity index (χ4v) is 3.58. The van der Waals surface area contributed by atoms with Gasteiger partial charge in [0.2, 0.25) is 5.91 Å². The van der Waals surface area contributed by atoms with Crippen molar-refractivity contribution in [2.75, 3.05) is 11.9 Å². The van der Waals surface area contributed by atoms with Crippen LogP contribution in [-0.2, 0) is 4.79 Å². The minimum atomic E-state index is -0.252. The number of aromatic nitrogens is 2. The van der Waals surface area contributed by atoms with E-state index in [1.54, 1.807) is 0 Å². The first-order chi connectivity index (χ1) is 13.2. The average molecular weight is 362 g/mol. The molecule has 1 amide bonds. The molecule has 6 heteroatoms. The van der Waals surface area contributed by atoms with Crippen LogP contribution in [0.25, 0.3) is 22.3 Å². The average Bonchev–Trinajstić information content (AvgIpc) is 3.19. The highest BCUT2D eigenvalue weighted by Gasteiger charge is 2.17. The summed E-state index contributed by atoms with van der Waals surface area (Å²) in [6.45, 7) is 0.166. The van der Waals surface area contributed by atoms with Crippen molar-refractivity contribution < 1.29 is 4.79 Å². The normalized spacial score (nSPS) is 14.4. The van der Waals surface area contributed by atoms with Crippen molar-refractivity contribution in [3.8, 4) is 11.3 Å². The van der Waals surface area contributed by atoms with Gasteiger partial charge in [-0.3, -0.25) is 9.59 Å². The van der Waals surface area contributed by atoms with E-state index in [0.29, 0.717) is 28.5 Å².